The van der Waals surface area contributed by atoms with Crippen LogP contribution in [0.3, 0.4) is 0 Å². The molecule has 1 aromatic rings. The summed E-state index contributed by atoms with van der Waals surface area (Å²) in [5.74, 6) is -4.46. The van der Waals surface area contributed by atoms with E-state index in [-0.39, 0.29) is 13.2 Å². The fourth-order valence-electron chi connectivity index (χ4n) is 1.35. The molecule has 0 radical (unpaired) electrons. The smallest absolute Gasteiger partial charge is 0.333 e. The van der Waals surface area contributed by atoms with Crippen LogP contribution < -0.4 is 0 Å². The maximum absolute atomic E-state index is 10.8. The lowest BCUT2D eigenvalue weighted by molar-refractivity contribution is -0.162. The van der Waals surface area contributed by atoms with E-state index in [9.17, 15) is 14.7 Å². The molecule has 6 heteroatoms. The van der Waals surface area contributed by atoms with Crippen molar-refractivity contribution in [3.8, 4) is 0 Å². The maximum atomic E-state index is 10.8. The van der Waals surface area contributed by atoms with Crippen molar-refractivity contribution in [1.82, 2.24) is 0 Å². The third kappa shape index (κ3) is 4.15. The van der Waals surface area contributed by atoms with E-state index in [1.807, 2.05) is 6.07 Å². The SMILES string of the molecule is O=C(O)[C@@H](O)[C@@H](COCc1ccccc1)C(=O)O. The molecule has 0 unspecified atom stereocenters. The van der Waals surface area contributed by atoms with Crippen molar-refractivity contribution < 1.29 is 29.6 Å². The van der Waals surface area contributed by atoms with E-state index in [0.29, 0.717) is 0 Å². The van der Waals surface area contributed by atoms with E-state index in [2.05, 4.69) is 0 Å². The highest BCUT2D eigenvalue weighted by atomic mass is 16.5. The van der Waals surface area contributed by atoms with Crippen molar-refractivity contribution in [2.45, 2.75) is 12.7 Å². The number of rotatable bonds is 7. The third-order valence-electron chi connectivity index (χ3n) is 2.36. The predicted molar refractivity (Wildman–Crippen MR) is 60.9 cm³/mol. The van der Waals surface area contributed by atoms with Crippen molar-refractivity contribution in [2.24, 2.45) is 5.92 Å². The summed E-state index contributed by atoms with van der Waals surface area (Å²) >= 11 is 0. The molecule has 18 heavy (non-hydrogen) atoms. The molecule has 3 N–H and O–H groups in total. The summed E-state index contributed by atoms with van der Waals surface area (Å²) in [5.41, 5.74) is 0.839. The predicted octanol–water partition coefficient (Wildman–Crippen LogP) is 0.350. The van der Waals surface area contributed by atoms with Crippen LogP contribution in [0.25, 0.3) is 0 Å². The highest BCUT2D eigenvalue weighted by Crippen LogP contribution is 2.08. The fraction of sp³-hybridized carbons (Fsp3) is 0.333. The summed E-state index contributed by atoms with van der Waals surface area (Å²) in [6, 6.07) is 9.03. The maximum Gasteiger partial charge on any atom is 0.333 e. The number of carboxylic acids is 2. The molecule has 6 nitrogen and oxygen atoms in total. The van der Waals surface area contributed by atoms with Gasteiger partial charge in [-0.05, 0) is 5.56 Å². The molecule has 98 valence electrons. The topological polar surface area (TPSA) is 104 Å². The molecule has 0 aromatic heterocycles. The Kier molecular flexibility index (Phi) is 5.29. The second kappa shape index (κ2) is 6.73. The van der Waals surface area contributed by atoms with E-state index in [0.717, 1.165) is 5.56 Å². The zero-order chi connectivity index (χ0) is 13.5. The molecule has 0 aliphatic heterocycles. The van der Waals surface area contributed by atoms with Crippen LogP contribution in [0.4, 0.5) is 0 Å². The van der Waals surface area contributed by atoms with Crippen LogP contribution >= 0.6 is 0 Å². The summed E-state index contributed by atoms with van der Waals surface area (Å²) in [5, 5.41) is 26.5. The summed E-state index contributed by atoms with van der Waals surface area (Å²) in [7, 11) is 0. The summed E-state index contributed by atoms with van der Waals surface area (Å²) < 4.78 is 5.11. The Balaban J connectivity index is 2.48. The van der Waals surface area contributed by atoms with E-state index in [1.54, 1.807) is 24.3 Å². The third-order valence-corrected chi connectivity index (χ3v) is 2.36. The molecule has 2 atom stereocenters. The van der Waals surface area contributed by atoms with Gasteiger partial charge in [0, 0.05) is 0 Å². The highest BCUT2D eigenvalue weighted by molar-refractivity contribution is 5.81. The number of aliphatic hydroxyl groups is 1. The first-order valence-corrected chi connectivity index (χ1v) is 5.27. The van der Waals surface area contributed by atoms with Gasteiger partial charge in [0.15, 0.2) is 6.10 Å². The van der Waals surface area contributed by atoms with Crippen molar-refractivity contribution in [1.29, 1.82) is 0 Å². The fourth-order valence-corrected chi connectivity index (χ4v) is 1.35. The van der Waals surface area contributed by atoms with Crippen molar-refractivity contribution in [3.63, 3.8) is 0 Å². The lowest BCUT2D eigenvalue weighted by Gasteiger charge is -2.15. The van der Waals surface area contributed by atoms with Crippen LogP contribution in [0.15, 0.2) is 30.3 Å². The zero-order valence-corrected chi connectivity index (χ0v) is 9.52. The standard InChI is InChI=1S/C12H14O6/c13-10(12(16)17)9(11(14)15)7-18-6-8-4-2-1-3-5-8/h1-5,9-10,13H,6-7H2,(H,14,15)(H,16,17)/t9-,10+/m1/s1. The number of hydrogen-bond acceptors (Lipinski definition) is 4. The Morgan fingerprint density at radius 1 is 1.11 bits per heavy atom. The number of hydrogen-bond donors (Lipinski definition) is 3. The van der Waals surface area contributed by atoms with Gasteiger partial charge in [-0.2, -0.15) is 0 Å². The first-order valence-electron chi connectivity index (χ1n) is 5.27. The van der Waals surface area contributed by atoms with Crippen LogP contribution in [-0.4, -0.2) is 40.0 Å². The molecule has 0 spiro atoms. The van der Waals surface area contributed by atoms with Gasteiger partial charge in [-0.1, -0.05) is 30.3 Å². The first-order chi connectivity index (χ1) is 8.52. The van der Waals surface area contributed by atoms with Gasteiger partial charge in [0.25, 0.3) is 0 Å². The van der Waals surface area contributed by atoms with Gasteiger partial charge in [-0.25, -0.2) is 4.79 Å². The minimum atomic E-state index is -1.97. The number of carboxylic acid groups (broad SMARTS) is 2. The van der Waals surface area contributed by atoms with Crippen LogP contribution in [-0.2, 0) is 20.9 Å². The molecular formula is C12H14O6. The molecule has 0 fully saturated rings. The molecular weight excluding hydrogens is 240 g/mol. The second-order valence-corrected chi connectivity index (χ2v) is 3.73. The Labute approximate surface area is 103 Å². The Morgan fingerprint density at radius 2 is 1.72 bits per heavy atom. The Hall–Kier alpha value is -1.92. The second-order valence-electron chi connectivity index (χ2n) is 3.73. The Morgan fingerprint density at radius 3 is 2.22 bits per heavy atom. The summed E-state index contributed by atoms with van der Waals surface area (Å²) in [6.07, 6.45) is -1.97. The molecule has 0 saturated carbocycles. The van der Waals surface area contributed by atoms with Gasteiger partial charge >= 0.3 is 11.9 Å². The van der Waals surface area contributed by atoms with Crippen molar-refractivity contribution in [2.75, 3.05) is 6.61 Å². The first kappa shape index (κ1) is 14.1. The molecule has 0 saturated heterocycles. The molecule has 0 amide bonds. The van der Waals surface area contributed by atoms with Crippen LogP contribution in [0.5, 0.6) is 0 Å². The summed E-state index contributed by atoms with van der Waals surface area (Å²) in [6.45, 7) is -0.200. The monoisotopic (exact) mass is 254 g/mol. The largest absolute Gasteiger partial charge is 0.481 e. The lowest BCUT2D eigenvalue weighted by Crippen LogP contribution is -2.37. The van der Waals surface area contributed by atoms with E-state index < -0.39 is 24.0 Å². The van der Waals surface area contributed by atoms with Crippen LogP contribution in [0.1, 0.15) is 5.56 Å². The van der Waals surface area contributed by atoms with Gasteiger partial charge in [0.05, 0.1) is 13.2 Å². The zero-order valence-electron chi connectivity index (χ0n) is 9.52. The lowest BCUT2D eigenvalue weighted by atomic mass is 10.0. The number of aliphatic hydroxyl groups excluding tert-OH is 1. The normalized spacial score (nSPS) is 13.8. The molecule has 1 rings (SSSR count). The van der Waals surface area contributed by atoms with Crippen molar-refractivity contribution >= 4 is 11.9 Å². The van der Waals surface area contributed by atoms with Gasteiger partial charge in [-0.3, -0.25) is 4.79 Å². The average molecular weight is 254 g/mol. The minimum Gasteiger partial charge on any atom is -0.481 e. The van der Waals surface area contributed by atoms with Gasteiger partial charge in [-0.15, -0.1) is 0 Å². The van der Waals surface area contributed by atoms with Crippen LogP contribution in [0, 0.1) is 5.92 Å². The minimum absolute atomic E-state index is 0.164. The summed E-state index contributed by atoms with van der Waals surface area (Å²) in [4.78, 5) is 21.3. The molecule has 0 aliphatic rings. The number of benzene rings is 1. The molecule has 0 bridgehead atoms. The highest BCUT2D eigenvalue weighted by Gasteiger charge is 2.32. The number of aliphatic carboxylic acids is 2. The molecule has 1 aromatic carbocycles. The van der Waals surface area contributed by atoms with E-state index in [1.165, 1.54) is 0 Å². The van der Waals surface area contributed by atoms with Gasteiger partial charge in [0.2, 0.25) is 0 Å². The Bertz CT molecular complexity index is 402. The average Bonchev–Trinajstić information content (AvgIpc) is 2.34. The van der Waals surface area contributed by atoms with Gasteiger partial charge in [0.1, 0.15) is 5.92 Å². The molecule has 0 heterocycles. The van der Waals surface area contributed by atoms with Crippen molar-refractivity contribution in [3.05, 3.63) is 35.9 Å². The molecule has 0 aliphatic carbocycles. The van der Waals surface area contributed by atoms with Crippen LogP contribution in [0.2, 0.25) is 0 Å². The number of carbonyl (C=O) groups is 2. The van der Waals surface area contributed by atoms with E-state index >= 15 is 0 Å². The van der Waals surface area contributed by atoms with E-state index in [4.69, 9.17) is 14.9 Å². The number of ether oxygens (including phenoxy) is 1. The quantitative estimate of drug-likeness (QED) is 0.648. The van der Waals surface area contributed by atoms with Gasteiger partial charge < -0.3 is 20.1 Å².